The molecule has 7 heteroatoms. The monoisotopic (exact) mass is 270 g/mol. The minimum atomic E-state index is -3.03. The number of aromatic nitrogens is 2. The molecule has 19 heavy (non-hydrogen) atoms. The lowest BCUT2D eigenvalue weighted by molar-refractivity contribution is 0.0682. The zero-order valence-corrected chi connectivity index (χ0v) is 9.77. The maximum absolute atomic E-state index is 13.1. The fourth-order valence-electron chi connectivity index (χ4n) is 1.82. The zero-order chi connectivity index (χ0) is 14.2. The van der Waals surface area contributed by atoms with Crippen LogP contribution in [-0.4, -0.2) is 20.9 Å². The van der Waals surface area contributed by atoms with Crippen molar-refractivity contribution < 1.29 is 23.1 Å². The Morgan fingerprint density at radius 3 is 2.63 bits per heavy atom. The average molecular weight is 270 g/mol. The van der Waals surface area contributed by atoms with Crippen molar-refractivity contribution >= 4 is 5.97 Å². The fourth-order valence-corrected chi connectivity index (χ4v) is 1.82. The van der Waals surface area contributed by atoms with E-state index in [1.54, 1.807) is 0 Å². The van der Waals surface area contributed by atoms with Crippen LogP contribution in [0.25, 0.3) is 5.69 Å². The Labute approximate surface area is 106 Å². The number of nitrogens with zero attached hydrogens (tertiary/aromatic N) is 2. The van der Waals surface area contributed by atoms with Crippen LogP contribution in [0.1, 0.15) is 28.2 Å². The van der Waals surface area contributed by atoms with Gasteiger partial charge in [0.05, 0.1) is 11.4 Å². The Morgan fingerprint density at radius 1 is 1.42 bits per heavy atom. The summed E-state index contributed by atoms with van der Waals surface area (Å²) in [4.78, 5) is 11.0. The van der Waals surface area contributed by atoms with Crippen molar-refractivity contribution in [2.75, 3.05) is 0 Å². The molecule has 0 fully saturated rings. The molecular weight excluding hydrogens is 261 g/mol. The van der Waals surface area contributed by atoms with Crippen molar-refractivity contribution in [1.82, 2.24) is 9.78 Å². The maximum atomic E-state index is 13.1. The summed E-state index contributed by atoms with van der Waals surface area (Å²) < 4.78 is 39.9. The summed E-state index contributed by atoms with van der Waals surface area (Å²) in [5.74, 6) is -2.11. The van der Waals surface area contributed by atoms with Crippen LogP contribution in [0, 0.1) is 12.7 Å². The number of aromatic carboxylic acids is 1. The number of halogens is 3. The van der Waals surface area contributed by atoms with Gasteiger partial charge in [0.25, 0.3) is 6.43 Å². The van der Waals surface area contributed by atoms with E-state index in [4.69, 9.17) is 5.11 Å². The van der Waals surface area contributed by atoms with Crippen molar-refractivity contribution in [2.24, 2.45) is 0 Å². The smallest absolute Gasteiger partial charge is 0.339 e. The SMILES string of the molecule is Cc1nn(-c2cccc(F)c2)c(C(F)F)c1C(=O)O. The molecule has 100 valence electrons. The van der Waals surface area contributed by atoms with Crippen LogP contribution in [0.3, 0.4) is 0 Å². The quantitative estimate of drug-likeness (QED) is 0.932. The highest BCUT2D eigenvalue weighted by atomic mass is 19.3. The van der Waals surface area contributed by atoms with Crippen LogP contribution in [0.15, 0.2) is 24.3 Å². The van der Waals surface area contributed by atoms with Gasteiger partial charge in [-0.25, -0.2) is 22.6 Å². The molecule has 0 aliphatic carbocycles. The van der Waals surface area contributed by atoms with Crippen LogP contribution < -0.4 is 0 Å². The number of alkyl halides is 2. The molecule has 0 amide bonds. The molecule has 0 bridgehead atoms. The summed E-state index contributed by atoms with van der Waals surface area (Å²) in [7, 11) is 0. The minimum absolute atomic E-state index is 0.0471. The molecule has 0 saturated heterocycles. The van der Waals surface area contributed by atoms with Gasteiger partial charge in [-0.15, -0.1) is 0 Å². The molecule has 4 nitrogen and oxygen atoms in total. The summed E-state index contributed by atoms with van der Waals surface area (Å²) in [6.45, 7) is 1.31. The maximum Gasteiger partial charge on any atom is 0.339 e. The van der Waals surface area contributed by atoms with E-state index in [2.05, 4.69) is 5.10 Å². The molecular formula is C12H9F3N2O2. The summed E-state index contributed by atoms with van der Waals surface area (Å²) >= 11 is 0. The second kappa shape index (κ2) is 4.75. The molecule has 1 aromatic carbocycles. The van der Waals surface area contributed by atoms with E-state index in [0.29, 0.717) is 0 Å². The molecule has 2 rings (SSSR count). The number of carboxylic acid groups (broad SMARTS) is 1. The standard InChI is InChI=1S/C12H9F3N2O2/c1-6-9(12(18)19)10(11(14)15)17(16-6)8-4-2-3-7(13)5-8/h2-5,11H,1H3,(H,18,19). The number of hydrogen-bond acceptors (Lipinski definition) is 2. The zero-order valence-electron chi connectivity index (χ0n) is 9.77. The van der Waals surface area contributed by atoms with Crippen LogP contribution in [0.2, 0.25) is 0 Å². The molecule has 1 N–H and O–H groups in total. The van der Waals surface area contributed by atoms with Crippen LogP contribution >= 0.6 is 0 Å². The van der Waals surface area contributed by atoms with E-state index in [1.807, 2.05) is 0 Å². The second-order valence-corrected chi connectivity index (χ2v) is 3.84. The van der Waals surface area contributed by atoms with E-state index in [9.17, 15) is 18.0 Å². The van der Waals surface area contributed by atoms with E-state index in [-0.39, 0.29) is 11.4 Å². The summed E-state index contributed by atoms with van der Waals surface area (Å²) in [5, 5.41) is 12.7. The minimum Gasteiger partial charge on any atom is -0.478 e. The highest BCUT2D eigenvalue weighted by Gasteiger charge is 2.28. The van der Waals surface area contributed by atoms with E-state index < -0.39 is 29.5 Å². The highest BCUT2D eigenvalue weighted by molar-refractivity contribution is 5.90. The number of aryl methyl sites for hydroxylation is 1. The van der Waals surface area contributed by atoms with Gasteiger partial charge in [-0.05, 0) is 25.1 Å². The molecule has 0 aliphatic heterocycles. The van der Waals surface area contributed by atoms with E-state index in [1.165, 1.54) is 19.1 Å². The van der Waals surface area contributed by atoms with Gasteiger partial charge >= 0.3 is 5.97 Å². The van der Waals surface area contributed by atoms with Gasteiger partial charge in [0.1, 0.15) is 17.1 Å². The van der Waals surface area contributed by atoms with E-state index in [0.717, 1.165) is 16.8 Å². The van der Waals surface area contributed by atoms with Gasteiger partial charge in [0.15, 0.2) is 0 Å². The molecule has 0 spiro atoms. The van der Waals surface area contributed by atoms with Crippen LogP contribution in [-0.2, 0) is 0 Å². The van der Waals surface area contributed by atoms with Gasteiger partial charge in [-0.2, -0.15) is 5.10 Å². The van der Waals surface area contributed by atoms with Crippen molar-refractivity contribution in [3.05, 3.63) is 47.0 Å². The average Bonchev–Trinajstić information content (AvgIpc) is 2.67. The Kier molecular flexibility index (Phi) is 3.28. The normalized spacial score (nSPS) is 11.0. The van der Waals surface area contributed by atoms with Crippen molar-refractivity contribution in [1.29, 1.82) is 0 Å². The molecule has 0 saturated carbocycles. The topological polar surface area (TPSA) is 55.1 Å². The largest absolute Gasteiger partial charge is 0.478 e. The molecule has 0 atom stereocenters. The first-order chi connectivity index (χ1) is 8.91. The lowest BCUT2D eigenvalue weighted by atomic mass is 10.2. The molecule has 1 heterocycles. The highest BCUT2D eigenvalue weighted by Crippen LogP contribution is 2.28. The van der Waals surface area contributed by atoms with Crippen molar-refractivity contribution in [3.63, 3.8) is 0 Å². The molecule has 2 aromatic rings. The number of hydrogen-bond donors (Lipinski definition) is 1. The van der Waals surface area contributed by atoms with Gasteiger partial charge in [0, 0.05) is 0 Å². The van der Waals surface area contributed by atoms with Gasteiger partial charge in [0.2, 0.25) is 0 Å². The number of carbonyl (C=O) groups is 1. The molecule has 0 aliphatic rings. The summed E-state index contributed by atoms with van der Waals surface area (Å²) in [5.41, 5.74) is -1.31. The first-order valence-electron chi connectivity index (χ1n) is 5.28. The Morgan fingerprint density at radius 2 is 2.11 bits per heavy atom. The van der Waals surface area contributed by atoms with E-state index >= 15 is 0 Å². The molecule has 0 radical (unpaired) electrons. The first-order valence-corrected chi connectivity index (χ1v) is 5.28. The third-order valence-corrected chi connectivity index (χ3v) is 2.57. The summed E-state index contributed by atoms with van der Waals surface area (Å²) in [6, 6.07) is 4.86. The third kappa shape index (κ3) is 2.31. The predicted octanol–water partition coefficient (Wildman–Crippen LogP) is 2.96. The lowest BCUT2D eigenvalue weighted by Gasteiger charge is -2.07. The van der Waals surface area contributed by atoms with Gasteiger partial charge in [-0.3, -0.25) is 0 Å². The Balaban J connectivity index is 2.71. The van der Waals surface area contributed by atoms with Gasteiger partial charge < -0.3 is 5.11 Å². The fraction of sp³-hybridized carbons (Fsp3) is 0.167. The number of carboxylic acids is 1. The van der Waals surface area contributed by atoms with Crippen LogP contribution in [0.4, 0.5) is 13.2 Å². The van der Waals surface area contributed by atoms with Crippen LogP contribution in [0.5, 0.6) is 0 Å². The predicted molar refractivity (Wildman–Crippen MR) is 60.2 cm³/mol. The van der Waals surface area contributed by atoms with Crippen molar-refractivity contribution in [2.45, 2.75) is 13.3 Å². The lowest BCUT2D eigenvalue weighted by Crippen LogP contribution is -2.07. The summed E-state index contributed by atoms with van der Waals surface area (Å²) in [6.07, 6.45) is -3.03. The Hall–Kier alpha value is -2.31. The van der Waals surface area contributed by atoms with Gasteiger partial charge in [-0.1, -0.05) is 6.07 Å². The number of rotatable bonds is 3. The molecule has 1 aromatic heterocycles. The van der Waals surface area contributed by atoms with Crippen molar-refractivity contribution in [3.8, 4) is 5.69 Å². The second-order valence-electron chi connectivity index (χ2n) is 3.84. The first kappa shape index (κ1) is 13.1. The number of benzene rings is 1. The molecule has 0 unspecified atom stereocenters. The third-order valence-electron chi connectivity index (χ3n) is 2.57. The Bertz CT molecular complexity index is 638.